The molecular formula is C23H15NO2S2. The average Bonchev–Trinajstić information content (AvgIpc) is 3.18. The maximum Gasteiger partial charge on any atom is 0.213 e. The van der Waals surface area contributed by atoms with E-state index in [1.165, 1.54) is 23.1 Å². The van der Waals surface area contributed by atoms with Gasteiger partial charge in [0.1, 0.15) is 10.6 Å². The van der Waals surface area contributed by atoms with Crippen LogP contribution in [0.1, 0.15) is 31.3 Å². The zero-order chi connectivity index (χ0) is 19.3. The van der Waals surface area contributed by atoms with Crippen LogP contribution in [0.5, 0.6) is 0 Å². The van der Waals surface area contributed by atoms with Crippen LogP contribution in [0.2, 0.25) is 0 Å². The summed E-state index contributed by atoms with van der Waals surface area (Å²) in [7, 11) is 0. The van der Waals surface area contributed by atoms with Gasteiger partial charge in [-0.3, -0.25) is 9.59 Å². The Morgan fingerprint density at radius 1 is 0.679 bits per heavy atom. The number of hydrogen-bond acceptors (Lipinski definition) is 5. The molecule has 4 aromatic rings. The first-order valence-corrected chi connectivity index (χ1v) is 10.3. The fourth-order valence-electron chi connectivity index (χ4n) is 2.69. The molecular weight excluding hydrogens is 386 g/mol. The second kappa shape index (κ2) is 8.33. The summed E-state index contributed by atoms with van der Waals surface area (Å²) >= 11 is 2.71. The molecule has 1 heterocycles. The first kappa shape index (κ1) is 18.3. The lowest BCUT2D eigenvalue weighted by Gasteiger charge is -2.02. The number of hydrogen-bond donors (Lipinski definition) is 0. The highest BCUT2D eigenvalue weighted by Gasteiger charge is 2.25. The minimum Gasteiger partial charge on any atom is -0.288 e. The van der Waals surface area contributed by atoms with Gasteiger partial charge in [0.15, 0.2) is 4.34 Å². The number of carbonyl (C=O) groups is 2. The van der Waals surface area contributed by atoms with Crippen molar-refractivity contribution in [1.82, 2.24) is 4.98 Å². The molecule has 4 rings (SSSR count). The minimum absolute atomic E-state index is 0.183. The van der Waals surface area contributed by atoms with E-state index in [0.29, 0.717) is 20.3 Å². The molecule has 0 N–H and O–H groups in total. The molecule has 1 aromatic heterocycles. The van der Waals surface area contributed by atoms with Crippen LogP contribution in [-0.2, 0) is 0 Å². The first-order valence-electron chi connectivity index (χ1n) is 8.65. The Bertz CT molecular complexity index is 1040. The van der Waals surface area contributed by atoms with E-state index in [0.717, 1.165) is 4.90 Å². The summed E-state index contributed by atoms with van der Waals surface area (Å²) < 4.78 is 0.671. The van der Waals surface area contributed by atoms with Gasteiger partial charge in [0, 0.05) is 16.0 Å². The van der Waals surface area contributed by atoms with Crippen LogP contribution in [0.25, 0.3) is 0 Å². The van der Waals surface area contributed by atoms with Crippen molar-refractivity contribution in [2.75, 3.05) is 0 Å². The number of rotatable bonds is 6. The molecule has 0 amide bonds. The predicted octanol–water partition coefficient (Wildman–Crippen LogP) is 5.76. The molecule has 0 atom stereocenters. The molecule has 136 valence electrons. The van der Waals surface area contributed by atoms with E-state index in [1.807, 2.05) is 54.6 Å². The van der Waals surface area contributed by atoms with Crippen LogP contribution in [0, 0.1) is 0 Å². The van der Waals surface area contributed by atoms with Crippen molar-refractivity contribution in [3.63, 3.8) is 0 Å². The minimum atomic E-state index is -0.240. The maximum absolute atomic E-state index is 13.1. The lowest BCUT2D eigenvalue weighted by atomic mass is 10.0. The van der Waals surface area contributed by atoms with Gasteiger partial charge in [-0.15, -0.1) is 11.3 Å². The van der Waals surface area contributed by atoms with Crippen molar-refractivity contribution in [2.45, 2.75) is 9.24 Å². The molecule has 0 radical (unpaired) electrons. The highest BCUT2D eigenvalue weighted by molar-refractivity contribution is 8.01. The molecule has 0 saturated carbocycles. The largest absolute Gasteiger partial charge is 0.288 e. The Kier molecular flexibility index (Phi) is 5.46. The zero-order valence-corrected chi connectivity index (χ0v) is 16.4. The van der Waals surface area contributed by atoms with E-state index in [9.17, 15) is 9.59 Å². The van der Waals surface area contributed by atoms with Crippen LogP contribution in [-0.4, -0.2) is 16.6 Å². The molecule has 0 aliphatic heterocycles. The summed E-state index contributed by atoms with van der Waals surface area (Å²) in [5.74, 6) is -0.423. The quantitative estimate of drug-likeness (QED) is 0.386. The van der Waals surface area contributed by atoms with Crippen molar-refractivity contribution in [3.05, 3.63) is 113 Å². The summed E-state index contributed by atoms with van der Waals surface area (Å²) in [5, 5.41) is 0. The average molecular weight is 402 g/mol. The predicted molar refractivity (Wildman–Crippen MR) is 112 cm³/mol. The number of aromatic nitrogens is 1. The molecule has 0 unspecified atom stereocenters. The number of ketones is 2. The van der Waals surface area contributed by atoms with Crippen molar-refractivity contribution < 1.29 is 9.59 Å². The topological polar surface area (TPSA) is 47.0 Å². The summed E-state index contributed by atoms with van der Waals surface area (Å²) in [6.07, 6.45) is 0. The van der Waals surface area contributed by atoms with E-state index in [-0.39, 0.29) is 17.3 Å². The molecule has 0 saturated heterocycles. The first-order chi connectivity index (χ1) is 13.7. The second-order valence-electron chi connectivity index (χ2n) is 5.96. The monoisotopic (exact) mass is 401 g/mol. The van der Waals surface area contributed by atoms with E-state index < -0.39 is 0 Å². The lowest BCUT2D eigenvalue weighted by molar-refractivity contribution is 0.100. The number of carbonyl (C=O) groups excluding carboxylic acids is 2. The lowest BCUT2D eigenvalue weighted by Crippen LogP contribution is -2.09. The Labute approximate surface area is 171 Å². The standard InChI is InChI=1S/C23H15NO2S2/c25-20(16-10-4-1-5-11-16)19-22(21(26)17-12-6-2-7-13-17)28-23(24-19)27-18-14-8-3-9-15-18/h1-15H. The highest BCUT2D eigenvalue weighted by Crippen LogP contribution is 2.34. The van der Waals surface area contributed by atoms with E-state index in [4.69, 9.17) is 0 Å². The van der Waals surface area contributed by atoms with Gasteiger partial charge < -0.3 is 0 Å². The molecule has 0 spiro atoms. The Hall–Kier alpha value is -3.02. The Morgan fingerprint density at radius 2 is 1.18 bits per heavy atom. The van der Waals surface area contributed by atoms with Gasteiger partial charge in [0.2, 0.25) is 11.6 Å². The van der Waals surface area contributed by atoms with Gasteiger partial charge in [-0.1, -0.05) is 90.6 Å². The summed E-state index contributed by atoms with van der Waals surface area (Å²) in [6, 6.07) is 27.7. The number of nitrogens with zero attached hydrogens (tertiary/aromatic N) is 1. The van der Waals surface area contributed by atoms with Crippen molar-refractivity contribution in [3.8, 4) is 0 Å². The smallest absolute Gasteiger partial charge is 0.213 e. The third-order valence-electron chi connectivity index (χ3n) is 4.05. The fourth-order valence-corrected chi connectivity index (χ4v) is 4.78. The van der Waals surface area contributed by atoms with Crippen molar-refractivity contribution >= 4 is 34.7 Å². The van der Waals surface area contributed by atoms with Crippen LogP contribution in [0.15, 0.2) is 100 Å². The maximum atomic E-state index is 13.1. The second-order valence-corrected chi connectivity index (χ2v) is 8.28. The van der Waals surface area contributed by atoms with Gasteiger partial charge in [-0.2, -0.15) is 0 Å². The molecule has 0 bridgehead atoms. The SMILES string of the molecule is O=C(c1ccccc1)c1nc(Sc2ccccc2)sc1C(=O)c1ccccc1. The molecule has 28 heavy (non-hydrogen) atoms. The molecule has 0 aliphatic carbocycles. The van der Waals surface area contributed by atoms with E-state index in [2.05, 4.69) is 4.98 Å². The van der Waals surface area contributed by atoms with Crippen LogP contribution >= 0.6 is 23.1 Å². The number of thiazole rings is 1. The Balaban J connectivity index is 1.76. The molecule has 5 heteroatoms. The number of benzene rings is 3. The van der Waals surface area contributed by atoms with Crippen LogP contribution < -0.4 is 0 Å². The van der Waals surface area contributed by atoms with Crippen molar-refractivity contribution in [2.24, 2.45) is 0 Å². The third-order valence-corrected chi connectivity index (χ3v) is 6.17. The van der Waals surface area contributed by atoms with Gasteiger partial charge in [0.05, 0.1) is 0 Å². The summed E-state index contributed by atoms with van der Waals surface area (Å²) in [5.41, 5.74) is 1.28. The van der Waals surface area contributed by atoms with Crippen LogP contribution in [0.4, 0.5) is 0 Å². The Morgan fingerprint density at radius 3 is 1.75 bits per heavy atom. The third kappa shape index (κ3) is 3.96. The fraction of sp³-hybridized carbons (Fsp3) is 0. The normalized spacial score (nSPS) is 10.6. The summed E-state index contributed by atoms with van der Waals surface area (Å²) in [6.45, 7) is 0. The van der Waals surface area contributed by atoms with Gasteiger partial charge >= 0.3 is 0 Å². The van der Waals surface area contributed by atoms with Gasteiger partial charge in [-0.05, 0) is 12.1 Å². The molecule has 0 fully saturated rings. The van der Waals surface area contributed by atoms with E-state index >= 15 is 0 Å². The molecule has 3 aromatic carbocycles. The zero-order valence-electron chi connectivity index (χ0n) is 14.7. The van der Waals surface area contributed by atoms with Crippen molar-refractivity contribution in [1.29, 1.82) is 0 Å². The van der Waals surface area contributed by atoms with E-state index in [1.54, 1.807) is 36.4 Å². The highest BCUT2D eigenvalue weighted by atomic mass is 32.2. The van der Waals surface area contributed by atoms with Crippen LogP contribution in [0.3, 0.4) is 0 Å². The molecule has 0 aliphatic rings. The molecule has 3 nitrogen and oxygen atoms in total. The summed E-state index contributed by atoms with van der Waals surface area (Å²) in [4.78, 5) is 32.1. The van der Waals surface area contributed by atoms with Gasteiger partial charge in [0.25, 0.3) is 0 Å². The van der Waals surface area contributed by atoms with Gasteiger partial charge in [-0.25, -0.2) is 4.98 Å².